The number of para-hydroxylation sites is 1. The van der Waals surface area contributed by atoms with Crippen LogP contribution < -0.4 is 10.1 Å². The van der Waals surface area contributed by atoms with Gasteiger partial charge in [0.05, 0.1) is 18.3 Å². The fourth-order valence-electron chi connectivity index (χ4n) is 2.35. The van der Waals surface area contributed by atoms with Gasteiger partial charge in [0.2, 0.25) is 5.76 Å². The van der Waals surface area contributed by atoms with Crippen LogP contribution >= 0.6 is 0 Å². The van der Waals surface area contributed by atoms with Crippen LogP contribution in [-0.2, 0) is 0 Å². The van der Waals surface area contributed by atoms with Crippen LogP contribution in [0.2, 0.25) is 0 Å². The zero-order valence-electron chi connectivity index (χ0n) is 13.3. The second-order valence-electron chi connectivity index (χ2n) is 5.28. The smallest absolute Gasteiger partial charge is 0.290 e. The number of rotatable bonds is 5. The Morgan fingerprint density at radius 1 is 1.39 bits per heavy atom. The predicted molar refractivity (Wildman–Crippen MR) is 84.5 cm³/mol. The van der Waals surface area contributed by atoms with Crippen molar-refractivity contribution in [3.05, 3.63) is 47.5 Å². The van der Waals surface area contributed by atoms with Gasteiger partial charge in [0.25, 0.3) is 5.91 Å². The first-order valence-electron chi connectivity index (χ1n) is 7.48. The molecule has 3 aromatic rings. The Morgan fingerprint density at radius 3 is 2.91 bits per heavy atom. The van der Waals surface area contributed by atoms with E-state index < -0.39 is 0 Å². The number of benzene rings is 1. The van der Waals surface area contributed by atoms with E-state index in [1.165, 1.54) is 0 Å². The van der Waals surface area contributed by atoms with Gasteiger partial charge in [-0.2, -0.15) is 0 Å². The Kier molecular flexibility index (Phi) is 4.06. The number of amides is 1. The van der Waals surface area contributed by atoms with Gasteiger partial charge in [-0.05, 0) is 32.9 Å². The Balaban J connectivity index is 1.82. The lowest BCUT2D eigenvalue weighted by Gasteiger charge is -2.09. The third kappa shape index (κ3) is 3.06. The molecule has 0 bridgehead atoms. The zero-order valence-corrected chi connectivity index (χ0v) is 13.3. The largest absolute Gasteiger partial charge is 0.490 e. The lowest BCUT2D eigenvalue weighted by molar-refractivity contribution is 0.0898. The van der Waals surface area contributed by atoms with E-state index in [2.05, 4.69) is 10.5 Å². The number of carbonyl (C=O) groups is 1. The van der Waals surface area contributed by atoms with Crippen LogP contribution in [-0.4, -0.2) is 17.7 Å². The first kappa shape index (κ1) is 15.1. The topological polar surface area (TPSA) is 77.5 Å². The molecule has 6 heteroatoms. The van der Waals surface area contributed by atoms with E-state index in [4.69, 9.17) is 13.7 Å². The first-order valence-corrected chi connectivity index (χ1v) is 7.48. The van der Waals surface area contributed by atoms with Gasteiger partial charge < -0.3 is 19.0 Å². The zero-order chi connectivity index (χ0) is 16.4. The molecule has 1 unspecified atom stereocenters. The molecule has 0 fully saturated rings. The number of fused-ring (bicyclic) bond motifs is 1. The molecule has 1 atom stereocenters. The monoisotopic (exact) mass is 314 g/mol. The van der Waals surface area contributed by atoms with Gasteiger partial charge in [-0.3, -0.25) is 4.79 Å². The van der Waals surface area contributed by atoms with Gasteiger partial charge in [-0.25, -0.2) is 0 Å². The molecule has 1 amide bonds. The normalized spacial score (nSPS) is 12.3. The number of hydrogen-bond donors (Lipinski definition) is 1. The summed E-state index contributed by atoms with van der Waals surface area (Å²) in [5.41, 5.74) is 1.34. The van der Waals surface area contributed by atoms with Crippen molar-refractivity contribution in [1.29, 1.82) is 0 Å². The summed E-state index contributed by atoms with van der Waals surface area (Å²) in [5.74, 6) is 1.20. The minimum atomic E-state index is -0.330. The maximum absolute atomic E-state index is 12.1. The van der Waals surface area contributed by atoms with Gasteiger partial charge in [0.1, 0.15) is 5.76 Å². The highest BCUT2D eigenvalue weighted by Gasteiger charge is 2.19. The van der Waals surface area contributed by atoms with Crippen LogP contribution in [0.4, 0.5) is 0 Å². The standard InChI is InChI=1S/C17H18N2O4/c1-4-21-13-7-5-6-12-9-14(22-16(12)13)11(3)18-17(20)15-8-10(2)19-23-15/h5-9,11H,4H2,1-3H3,(H,18,20). The number of nitrogens with one attached hydrogen (secondary N) is 1. The van der Waals surface area contributed by atoms with E-state index in [1.54, 1.807) is 13.0 Å². The second-order valence-corrected chi connectivity index (χ2v) is 5.28. The van der Waals surface area contributed by atoms with Gasteiger partial charge in [0.15, 0.2) is 11.3 Å². The summed E-state index contributed by atoms with van der Waals surface area (Å²) in [4.78, 5) is 12.1. The van der Waals surface area contributed by atoms with Crippen molar-refractivity contribution >= 4 is 16.9 Å². The molecular weight excluding hydrogens is 296 g/mol. The minimum Gasteiger partial charge on any atom is -0.490 e. The molecular formula is C17H18N2O4. The third-order valence-corrected chi connectivity index (χ3v) is 3.45. The molecule has 0 saturated carbocycles. The highest BCUT2D eigenvalue weighted by molar-refractivity contribution is 5.91. The maximum atomic E-state index is 12.1. The summed E-state index contributed by atoms with van der Waals surface area (Å²) in [6.45, 7) is 6.09. The Bertz CT molecular complexity index is 834. The number of ether oxygens (including phenoxy) is 1. The number of aryl methyl sites for hydroxylation is 1. The number of nitrogens with zero attached hydrogens (tertiary/aromatic N) is 1. The molecule has 120 valence electrons. The van der Waals surface area contributed by atoms with Crippen molar-refractivity contribution in [2.75, 3.05) is 6.61 Å². The van der Waals surface area contributed by atoms with Crippen LogP contribution in [0.1, 0.15) is 41.9 Å². The van der Waals surface area contributed by atoms with Crippen molar-refractivity contribution in [1.82, 2.24) is 10.5 Å². The average molecular weight is 314 g/mol. The number of hydrogen-bond acceptors (Lipinski definition) is 5. The summed E-state index contributed by atoms with van der Waals surface area (Å²) in [6, 6.07) is 8.89. The van der Waals surface area contributed by atoms with Crippen LogP contribution in [0, 0.1) is 6.92 Å². The summed E-state index contributed by atoms with van der Waals surface area (Å²) in [7, 11) is 0. The van der Waals surface area contributed by atoms with Gasteiger partial charge >= 0.3 is 0 Å². The molecule has 2 heterocycles. The lowest BCUT2D eigenvalue weighted by atomic mass is 10.2. The van der Waals surface area contributed by atoms with Gasteiger partial charge in [0, 0.05) is 11.5 Å². The molecule has 2 aromatic heterocycles. The first-order chi connectivity index (χ1) is 11.1. The van der Waals surface area contributed by atoms with E-state index in [0.717, 1.165) is 5.39 Å². The molecule has 1 aromatic carbocycles. The Hall–Kier alpha value is -2.76. The molecule has 0 saturated heterocycles. The molecule has 0 spiro atoms. The fourth-order valence-corrected chi connectivity index (χ4v) is 2.35. The lowest BCUT2D eigenvalue weighted by Crippen LogP contribution is -2.25. The van der Waals surface area contributed by atoms with E-state index >= 15 is 0 Å². The average Bonchev–Trinajstić information content (AvgIpc) is 3.14. The number of aromatic nitrogens is 1. The summed E-state index contributed by atoms with van der Waals surface area (Å²) < 4.78 is 16.4. The fraction of sp³-hybridized carbons (Fsp3) is 0.294. The van der Waals surface area contributed by atoms with E-state index in [9.17, 15) is 4.79 Å². The highest BCUT2D eigenvalue weighted by atomic mass is 16.5. The molecule has 0 radical (unpaired) electrons. The van der Waals surface area contributed by atoms with Crippen LogP contribution in [0.5, 0.6) is 5.75 Å². The molecule has 23 heavy (non-hydrogen) atoms. The van der Waals surface area contributed by atoms with Crippen LogP contribution in [0.3, 0.4) is 0 Å². The molecule has 6 nitrogen and oxygen atoms in total. The van der Waals surface area contributed by atoms with Crippen molar-refractivity contribution in [3.63, 3.8) is 0 Å². The highest BCUT2D eigenvalue weighted by Crippen LogP contribution is 2.31. The molecule has 0 aliphatic carbocycles. The van der Waals surface area contributed by atoms with Gasteiger partial charge in [-0.15, -0.1) is 0 Å². The van der Waals surface area contributed by atoms with Gasteiger partial charge in [-0.1, -0.05) is 17.3 Å². The van der Waals surface area contributed by atoms with Crippen molar-refractivity contribution in [2.24, 2.45) is 0 Å². The van der Waals surface area contributed by atoms with Crippen molar-refractivity contribution in [2.45, 2.75) is 26.8 Å². The quantitative estimate of drug-likeness (QED) is 0.778. The summed E-state index contributed by atoms with van der Waals surface area (Å²) >= 11 is 0. The maximum Gasteiger partial charge on any atom is 0.290 e. The molecule has 1 N–H and O–H groups in total. The number of furan rings is 1. The van der Waals surface area contributed by atoms with E-state index in [0.29, 0.717) is 29.4 Å². The summed E-state index contributed by atoms with van der Waals surface area (Å²) in [6.07, 6.45) is 0. The number of carbonyl (C=O) groups excluding carboxylic acids is 1. The Labute approximate surface area is 133 Å². The molecule has 3 rings (SSSR count). The van der Waals surface area contributed by atoms with Crippen molar-refractivity contribution in [3.8, 4) is 5.75 Å². The van der Waals surface area contributed by atoms with Crippen molar-refractivity contribution < 1.29 is 18.5 Å². The second kappa shape index (κ2) is 6.16. The van der Waals surface area contributed by atoms with Crippen LogP contribution in [0.15, 0.2) is 39.3 Å². The minimum absolute atomic E-state index is 0.181. The SMILES string of the molecule is CCOc1cccc2cc(C(C)NC(=O)c3cc(C)no3)oc12. The summed E-state index contributed by atoms with van der Waals surface area (Å²) in [5, 5.41) is 7.47. The van der Waals surface area contributed by atoms with E-state index in [1.807, 2.05) is 38.1 Å². The van der Waals surface area contributed by atoms with Crippen LogP contribution in [0.25, 0.3) is 11.0 Å². The Morgan fingerprint density at radius 2 is 2.22 bits per heavy atom. The van der Waals surface area contributed by atoms with E-state index in [-0.39, 0.29) is 17.7 Å². The molecule has 0 aliphatic heterocycles. The predicted octanol–water partition coefficient (Wildman–Crippen LogP) is 3.62. The third-order valence-electron chi connectivity index (χ3n) is 3.45. The molecule has 0 aliphatic rings.